The molecule has 1 heterocycles. The Labute approximate surface area is 112 Å². The third-order valence-corrected chi connectivity index (χ3v) is 2.91. The van der Waals surface area contributed by atoms with E-state index in [1.54, 1.807) is 13.8 Å². The fourth-order valence-corrected chi connectivity index (χ4v) is 1.41. The van der Waals surface area contributed by atoms with Crippen molar-refractivity contribution in [1.82, 2.24) is 9.97 Å². The van der Waals surface area contributed by atoms with E-state index in [4.69, 9.17) is 17.3 Å². The van der Waals surface area contributed by atoms with Crippen molar-refractivity contribution in [3.05, 3.63) is 16.5 Å². The highest BCUT2D eigenvalue weighted by Gasteiger charge is 2.21. The van der Waals surface area contributed by atoms with Crippen molar-refractivity contribution in [3.63, 3.8) is 0 Å². The maximum Gasteiger partial charge on any atom is 0.239 e. The second-order valence-corrected chi connectivity index (χ2v) is 5.69. The maximum atomic E-state index is 11.1. The number of carbonyl (C=O) groups is 1. The van der Waals surface area contributed by atoms with E-state index in [0.29, 0.717) is 22.4 Å². The van der Waals surface area contributed by atoms with Gasteiger partial charge in [0, 0.05) is 11.0 Å². The van der Waals surface area contributed by atoms with Gasteiger partial charge in [-0.3, -0.25) is 4.79 Å². The first-order valence-corrected chi connectivity index (χ1v) is 6.11. The van der Waals surface area contributed by atoms with E-state index < -0.39 is 11.9 Å². The van der Waals surface area contributed by atoms with Crippen LogP contribution in [0.3, 0.4) is 0 Å². The monoisotopic (exact) mass is 270 g/mol. The summed E-state index contributed by atoms with van der Waals surface area (Å²) in [4.78, 5) is 19.7. The van der Waals surface area contributed by atoms with E-state index in [-0.39, 0.29) is 5.41 Å². The number of aromatic nitrogens is 2. The van der Waals surface area contributed by atoms with Gasteiger partial charge in [0.25, 0.3) is 0 Å². The Bertz CT molecular complexity index is 468. The number of carbonyl (C=O) groups excluding carboxylic acids is 1. The molecule has 1 amide bonds. The van der Waals surface area contributed by atoms with Crippen LogP contribution in [0, 0.1) is 6.92 Å². The molecule has 0 fully saturated rings. The van der Waals surface area contributed by atoms with Crippen molar-refractivity contribution in [2.45, 2.75) is 46.1 Å². The molecular formula is C12H19ClN4O. The number of nitrogens with one attached hydrogen (secondary N) is 1. The summed E-state index contributed by atoms with van der Waals surface area (Å²) in [7, 11) is 0. The zero-order chi connectivity index (χ0) is 14.1. The third-order valence-electron chi connectivity index (χ3n) is 2.54. The van der Waals surface area contributed by atoms with Crippen LogP contribution in [-0.2, 0) is 10.2 Å². The number of primary amides is 1. The van der Waals surface area contributed by atoms with Gasteiger partial charge >= 0.3 is 0 Å². The van der Waals surface area contributed by atoms with Crippen LogP contribution in [0.1, 0.15) is 39.1 Å². The molecule has 0 aromatic carbocycles. The molecule has 5 nitrogen and oxygen atoms in total. The van der Waals surface area contributed by atoms with Crippen LogP contribution in [0.2, 0.25) is 5.15 Å². The Morgan fingerprint density at radius 3 is 2.39 bits per heavy atom. The van der Waals surface area contributed by atoms with Gasteiger partial charge in [-0.05, 0) is 13.8 Å². The molecular weight excluding hydrogens is 252 g/mol. The molecule has 6 heteroatoms. The van der Waals surface area contributed by atoms with Gasteiger partial charge in [-0.25, -0.2) is 9.97 Å². The van der Waals surface area contributed by atoms with Gasteiger partial charge in [0.05, 0.1) is 0 Å². The molecule has 0 bridgehead atoms. The molecule has 0 aliphatic carbocycles. The number of halogens is 1. The Balaban J connectivity index is 3.19. The molecule has 1 aromatic heterocycles. The van der Waals surface area contributed by atoms with Crippen molar-refractivity contribution >= 4 is 23.3 Å². The summed E-state index contributed by atoms with van der Waals surface area (Å²) in [6.07, 6.45) is 0. The van der Waals surface area contributed by atoms with Crippen LogP contribution in [0.4, 0.5) is 5.82 Å². The van der Waals surface area contributed by atoms with E-state index in [1.807, 2.05) is 20.8 Å². The fourth-order valence-electron chi connectivity index (χ4n) is 1.24. The van der Waals surface area contributed by atoms with E-state index in [2.05, 4.69) is 15.3 Å². The SMILES string of the molecule is Cc1c(Cl)nc(C(C)(C)C)nc1NC(C)C(N)=O. The number of nitrogens with two attached hydrogens (primary N) is 1. The van der Waals surface area contributed by atoms with Gasteiger partial charge in [-0.15, -0.1) is 0 Å². The lowest BCUT2D eigenvalue weighted by molar-refractivity contribution is -0.118. The lowest BCUT2D eigenvalue weighted by atomic mass is 9.95. The molecule has 0 aliphatic rings. The van der Waals surface area contributed by atoms with Gasteiger partial charge in [-0.1, -0.05) is 32.4 Å². The molecule has 0 saturated carbocycles. The smallest absolute Gasteiger partial charge is 0.239 e. The van der Waals surface area contributed by atoms with Crippen LogP contribution in [-0.4, -0.2) is 21.9 Å². The normalized spacial score (nSPS) is 13.2. The van der Waals surface area contributed by atoms with Gasteiger partial charge in [0.2, 0.25) is 5.91 Å². The van der Waals surface area contributed by atoms with Crippen LogP contribution >= 0.6 is 11.6 Å². The molecule has 0 radical (unpaired) electrons. The number of nitrogens with zero attached hydrogens (tertiary/aromatic N) is 2. The summed E-state index contributed by atoms with van der Waals surface area (Å²) < 4.78 is 0. The molecule has 18 heavy (non-hydrogen) atoms. The van der Waals surface area contributed by atoms with E-state index in [0.717, 1.165) is 0 Å². The molecule has 1 aromatic rings. The zero-order valence-corrected chi connectivity index (χ0v) is 12.1. The first kappa shape index (κ1) is 14.7. The minimum Gasteiger partial charge on any atom is -0.368 e. The quantitative estimate of drug-likeness (QED) is 0.824. The highest BCUT2D eigenvalue weighted by Crippen LogP contribution is 2.26. The molecule has 0 spiro atoms. The molecule has 1 atom stereocenters. The first-order valence-electron chi connectivity index (χ1n) is 5.73. The zero-order valence-electron chi connectivity index (χ0n) is 11.3. The van der Waals surface area contributed by atoms with Gasteiger partial charge in [0.1, 0.15) is 22.8 Å². The Morgan fingerprint density at radius 2 is 1.94 bits per heavy atom. The molecule has 1 unspecified atom stereocenters. The van der Waals surface area contributed by atoms with E-state index >= 15 is 0 Å². The van der Waals surface area contributed by atoms with Crippen LogP contribution < -0.4 is 11.1 Å². The Kier molecular flexibility index (Phi) is 4.16. The molecule has 1 rings (SSSR count). The average molecular weight is 271 g/mol. The minimum absolute atomic E-state index is 0.219. The average Bonchev–Trinajstić information content (AvgIpc) is 2.22. The van der Waals surface area contributed by atoms with Gasteiger partial charge in [0.15, 0.2) is 0 Å². The minimum atomic E-state index is -0.512. The third kappa shape index (κ3) is 3.32. The summed E-state index contributed by atoms with van der Waals surface area (Å²) >= 11 is 6.08. The lowest BCUT2D eigenvalue weighted by Crippen LogP contribution is -2.33. The summed E-state index contributed by atoms with van der Waals surface area (Å²) in [5.74, 6) is 0.727. The highest BCUT2D eigenvalue weighted by molar-refractivity contribution is 6.30. The predicted octanol–water partition coefficient (Wildman–Crippen LogP) is 2.02. The number of rotatable bonds is 3. The highest BCUT2D eigenvalue weighted by atomic mass is 35.5. The predicted molar refractivity (Wildman–Crippen MR) is 72.8 cm³/mol. The summed E-state index contributed by atoms with van der Waals surface area (Å²) in [5, 5.41) is 3.34. The van der Waals surface area contributed by atoms with E-state index in [1.165, 1.54) is 0 Å². The van der Waals surface area contributed by atoms with Crippen molar-refractivity contribution in [1.29, 1.82) is 0 Å². The topological polar surface area (TPSA) is 80.9 Å². The van der Waals surface area contributed by atoms with Crippen molar-refractivity contribution in [2.24, 2.45) is 5.73 Å². The van der Waals surface area contributed by atoms with Crippen LogP contribution in [0.5, 0.6) is 0 Å². The van der Waals surface area contributed by atoms with Crippen LogP contribution in [0.15, 0.2) is 0 Å². The Morgan fingerprint density at radius 1 is 1.39 bits per heavy atom. The standard InChI is InChI=1S/C12H19ClN4O/c1-6-8(13)16-11(12(3,4)5)17-10(6)15-7(2)9(14)18/h7H,1-5H3,(H2,14,18)(H,15,16,17). The number of hydrogen-bond donors (Lipinski definition) is 2. The fraction of sp³-hybridized carbons (Fsp3) is 0.583. The van der Waals surface area contributed by atoms with Crippen LogP contribution in [0.25, 0.3) is 0 Å². The summed E-state index contributed by atoms with van der Waals surface area (Å²) in [6, 6.07) is -0.512. The number of anilines is 1. The number of hydrogen-bond acceptors (Lipinski definition) is 4. The molecule has 3 N–H and O–H groups in total. The molecule has 0 aliphatic heterocycles. The van der Waals surface area contributed by atoms with Gasteiger partial charge < -0.3 is 11.1 Å². The maximum absolute atomic E-state index is 11.1. The second-order valence-electron chi connectivity index (χ2n) is 5.33. The number of amides is 1. The lowest BCUT2D eigenvalue weighted by Gasteiger charge is -2.20. The largest absolute Gasteiger partial charge is 0.368 e. The van der Waals surface area contributed by atoms with E-state index in [9.17, 15) is 4.79 Å². The summed E-state index contributed by atoms with van der Waals surface area (Å²) in [5.41, 5.74) is 5.71. The summed E-state index contributed by atoms with van der Waals surface area (Å²) in [6.45, 7) is 9.46. The first-order chi connectivity index (χ1) is 8.12. The second kappa shape index (κ2) is 5.10. The van der Waals surface area contributed by atoms with Crippen molar-refractivity contribution < 1.29 is 4.79 Å². The Hall–Kier alpha value is -1.36. The van der Waals surface area contributed by atoms with Gasteiger partial charge in [-0.2, -0.15) is 0 Å². The molecule has 0 saturated heterocycles. The van der Waals surface area contributed by atoms with Crippen molar-refractivity contribution in [3.8, 4) is 0 Å². The van der Waals surface area contributed by atoms with Crippen molar-refractivity contribution in [2.75, 3.05) is 5.32 Å². The molecule has 100 valence electrons.